The number of hydrogen-bond donors (Lipinski definition) is 1. The van der Waals surface area contributed by atoms with Crippen molar-refractivity contribution < 1.29 is 18.4 Å². The molecule has 2 aromatic rings. The Kier molecular flexibility index (Phi) is 5.71. The van der Waals surface area contributed by atoms with Crippen LogP contribution in [0.3, 0.4) is 0 Å². The van der Waals surface area contributed by atoms with Crippen LogP contribution in [0.1, 0.15) is 16.8 Å². The molecule has 1 unspecified atom stereocenters. The molecule has 1 fully saturated rings. The number of aromatic nitrogens is 2. The predicted octanol–water partition coefficient (Wildman–Crippen LogP) is 3.63. The minimum Gasteiger partial charge on any atom is -0.329 e. The van der Waals surface area contributed by atoms with Crippen LogP contribution in [-0.4, -0.2) is 45.7 Å². The summed E-state index contributed by atoms with van der Waals surface area (Å²) < 4.78 is 27.4. The average molecular weight is 460 g/mol. The maximum atomic E-state index is 13.3. The Morgan fingerprint density at radius 3 is 2.41 bits per heavy atom. The Bertz CT molecular complexity index is 849. The van der Waals surface area contributed by atoms with Gasteiger partial charge in [0, 0.05) is 28.9 Å². The Morgan fingerprint density at radius 1 is 1.26 bits per heavy atom. The molecule has 3 rings (SSSR count). The quantitative estimate of drug-likeness (QED) is 0.716. The average Bonchev–Trinajstić information content (AvgIpc) is 3.22. The number of hydrogen-bond acceptors (Lipinski definition) is 4. The summed E-state index contributed by atoms with van der Waals surface area (Å²) in [5.41, 5.74) is 0.303. The molecule has 0 aliphatic heterocycles. The molecule has 1 aliphatic carbocycles. The highest BCUT2D eigenvalue weighted by Crippen LogP contribution is 2.48. The Hall–Kier alpha value is -2.13. The molecule has 6 nitrogen and oxygen atoms in total. The van der Waals surface area contributed by atoms with Gasteiger partial charge < -0.3 is 4.90 Å². The first kappa shape index (κ1) is 19.6. The zero-order chi connectivity index (χ0) is 19.6. The second-order valence-corrected chi connectivity index (χ2v) is 7.48. The smallest absolute Gasteiger partial charge is 0.254 e. The molecular formula is C17H14BrClF2N4O2. The first-order valence-corrected chi connectivity index (χ1v) is 9.12. The molecule has 142 valence electrons. The van der Waals surface area contributed by atoms with Crippen LogP contribution in [0.4, 0.5) is 14.7 Å². The lowest BCUT2D eigenvalue weighted by Gasteiger charge is -2.22. The maximum Gasteiger partial charge on any atom is 0.254 e. The van der Waals surface area contributed by atoms with E-state index in [4.69, 9.17) is 11.6 Å². The Labute approximate surface area is 167 Å². The number of nitrogens with zero attached hydrogens (tertiary/aromatic N) is 3. The second kappa shape index (κ2) is 7.85. The Morgan fingerprint density at radius 2 is 1.85 bits per heavy atom. The van der Waals surface area contributed by atoms with Gasteiger partial charge in [-0.25, -0.2) is 18.7 Å². The summed E-state index contributed by atoms with van der Waals surface area (Å²) in [7, 11) is 0. The van der Waals surface area contributed by atoms with Gasteiger partial charge in [0.05, 0.1) is 17.4 Å². The predicted molar refractivity (Wildman–Crippen MR) is 98.8 cm³/mol. The molecule has 1 atom stereocenters. The summed E-state index contributed by atoms with van der Waals surface area (Å²) in [5.74, 6) is -4.83. The fourth-order valence-electron chi connectivity index (χ4n) is 2.44. The lowest BCUT2D eigenvalue weighted by molar-refractivity contribution is -0.117. The van der Waals surface area contributed by atoms with Crippen molar-refractivity contribution in [1.29, 1.82) is 0 Å². The van der Waals surface area contributed by atoms with E-state index in [9.17, 15) is 18.4 Å². The van der Waals surface area contributed by atoms with Crippen molar-refractivity contribution in [2.24, 2.45) is 5.92 Å². The minimum absolute atomic E-state index is 0.0113. The number of benzene rings is 1. The fourth-order valence-corrected chi connectivity index (χ4v) is 2.80. The number of carbonyl (C=O) groups excluding carboxylic acids is 2. The van der Waals surface area contributed by atoms with Crippen molar-refractivity contribution >= 4 is 45.3 Å². The van der Waals surface area contributed by atoms with Crippen LogP contribution < -0.4 is 5.32 Å². The molecular weight excluding hydrogens is 446 g/mol. The number of alkyl halides is 2. The largest absolute Gasteiger partial charge is 0.329 e. The first-order chi connectivity index (χ1) is 12.7. The van der Waals surface area contributed by atoms with Crippen molar-refractivity contribution in [3.63, 3.8) is 0 Å². The summed E-state index contributed by atoms with van der Waals surface area (Å²) in [5, 5.41) is 2.72. The number of rotatable bonds is 6. The topological polar surface area (TPSA) is 75.2 Å². The summed E-state index contributed by atoms with van der Waals surface area (Å²) in [6, 6.07) is 6.45. The monoisotopic (exact) mass is 458 g/mol. The van der Waals surface area contributed by atoms with Gasteiger partial charge in [-0.3, -0.25) is 14.9 Å². The van der Waals surface area contributed by atoms with E-state index in [2.05, 4.69) is 31.2 Å². The molecule has 1 saturated carbocycles. The molecule has 1 aromatic heterocycles. The molecule has 0 spiro atoms. The van der Waals surface area contributed by atoms with Crippen LogP contribution in [0.15, 0.2) is 41.1 Å². The molecule has 0 radical (unpaired) electrons. The summed E-state index contributed by atoms with van der Waals surface area (Å²) in [6.45, 7) is -0.607. The zero-order valence-corrected chi connectivity index (χ0v) is 16.2. The fraction of sp³-hybridized carbons (Fsp3) is 0.294. The van der Waals surface area contributed by atoms with Crippen LogP contribution in [0, 0.1) is 5.92 Å². The third-order valence-electron chi connectivity index (χ3n) is 3.98. The van der Waals surface area contributed by atoms with Gasteiger partial charge in [0.15, 0.2) is 0 Å². The van der Waals surface area contributed by atoms with E-state index in [0.29, 0.717) is 10.6 Å². The zero-order valence-electron chi connectivity index (χ0n) is 13.8. The molecule has 10 heteroatoms. The summed E-state index contributed by atoms with van der Waals surface area (Å²) in [6.07, 6.45) is 2.32. The molecule has 1 N–H and O–H groups in total. The normalized spacial score (nSPS) is 17.3. The van der Waals surface area contributed by atoms with Gasteiger partial charge in [-0.1, -0.05) is 27.5 Å². The van der Waals surface area contributed by atoms with Gasteiger partial charge in [0.2, 0.25) is 11.9 Å². The van der Waals surface area contributed by atoms with E-state index in [1.165, 1.54) is 12.4 Å². The lowest BCUT2D eigenvalue weighted by atomic mass is 10.2. The summed E-state index contributed by atoms with van der Waals surface area (Å²) in [4.78, 5) is 33.7. The number of nitrogens with one attached hydrogen (secondary N) is 1. The van der Waals surface area contributed by atoms with Crippen LogP contribution in [0.25, 0.3) is 0 Å². The maximum absolute atomic E-state index is 13.3. The van der Waals surface area contributed by atoms with Crippen LogP contribution in [0.2, 0.25) is 5.02 Å². The number of halogens is 4. The Balaban J connectivity index is 1.71. The highest BCUT2D eigenvalue weighted by Gasteiger charge is 2.57. The highest BCUT2D eigenvalue weighted by molar-refractivity contribution is 9.10. The van der Waals surface area contributed by atoms with E-state index in [-0.39, 0.29) is 18.9 Å². The van der Waals surface area contributed by atoms with Gasteiger partial charge in [-0.2, -0.15) is 0 Å². The van der Waals surface area contributed by atoms with Gasteiger partial charge in [0.1, 0.15) is 6.54 Å². The summed E-state index contributed by atoms with van der Waals surface area (Å²) >= 11 is 8.95. The van der Waals surface area contributed by atoms with Crippen molar-refractivity contribution in [1.82, 2.24) is 14.9 Å². The molecule has 0 saturated heterocycles. The van der Waals surface area contributed by atoms with Crippen LogP contribution in [0.5, 0.6) is 0 Å². The number of carbonyl (C=O) groups is 2. The molecule has 0 bridgehead atoms. The van der Waals surface area contributed by atoms with Crippen molar-refractivity contribution in [2.45, 2.75) is 12.3 Å². The van der Waals surface area contributed by atoms with Gasteiger partial charge in [-0.15, -0.1) is 0 Å². The standard InChI is InChI=1S/C17H14BrClF2N4O2/c18-12-3-1-10(2-4-12)15(27)25(8-11-5-17(11,20)21)9-14(26)24-16-22-6-13(19)7-23-16/h1-4,6-7,11H,5,8-9H2,(H,22,23,24,26). The third-order valence-corrected chi connectivity index (χ3v) is 4.70. The minimum atomic E-state index is -2.80. The molecule has 27 heavy (non-hydrogen) atoms. The highest BCUT2D eigenvalue weighted by atomic mass is 79.9. The van der Waals surface area contributed by atoms with Gasteiger partial charge in [-0.05, 0) is 24.3 Å². The number of amides is 2. The SMILES string of the molecule is O=C(CN(CC1CC1(F)F)C(=O)c1ccc(Br)cc1)Nc1ncc(Cl)cn1. The van der Waals surface area contributed by atoms with Crippen LogP contribution >= 0.6 is 27.5 Å². The molecule has 1 aromatic carbocycles. The number of anilines is 1. The lowest BCUT2D eigenvalue weighted by Crippen LogP contribution is -2.40. The molecule has 1 aliphatic rings. The van der Waals surface area contributed by atoms with Crippen molar-refractivity contribution in [3.8, 4) is 0 Å². The van der Waals surface area contributed by atoms with E-state index < -0.39 is 30.2 Å². The van der Waals surface area contributed by atoms with E-state index in [0.717, 1.165) is 9.37 Å². The van der Waals surface area contributed by atoms with Gasteiger partial charge >= 0.3 is 0 Å². The van der Waals surface area contributed by atoms with E-state index >= 15 is 0 Å². The van der Waals surface area contributed by atoms with E-state index in [1.54, 1.807) is 24.3 Å². The second-order valence-electron chi connectivity index (χ2n) is 6.13. The van der Waals surface area contributed by atoms with Crippen molar-refractivity contribution in [2.75, 3.05) is 18.4 Å². The van der Waals surface area contributed by atoms with Crippen molar-refractivity contribution in [3.05, 3.63) is 51.7 Å². The first-order valence-electron chi connectivity index (χ1n) is 7.94. The molecule has 2 amide bonds. The van der Waals surface area contributed by atoms with Crippen LogP contribution in [-0.2, 0) is 4.79 Å². The molecule has 1 heterocycles. The third kappa shape index (κ3) is 5.20. The van der Waals surface area contributed by atoms with Gasteiger partial charge in [0.25, 0.3) is 11.8 Å². The van der Waals surface area contributed by atoms with E-state index in [1.807, 2.05) is 0 Å².